The van der Waals surface area contributed by atoms with E-state index in [0.29, 0.717) is 32.5 Å². The number of ether oxygens (including phenoxy) is 1. The highest BCUT2D eigenvalue weighted by molar-refractivity contribution is 6.52. The molecule has 1 aliphatic carbocycles. The van der Waals surface area contributed by atoms with Crippen LogP contribution >= 0.6 is 23.2 Å². The van der Waals surface area contributed by atoms with Crippen LogP contribution in [0.1, 0.15) is 19.3 Å². The van der Waals surface area contributed by atoms with Crippen LogP contribution in [0.5, 0.6) is 0 Å². The molecule has 1 saturated carbocycles. The van der Waals surface area contributed by atoms with E-state index in [1.807, 2.05) is 0 Å². The van der Waals surface area contributed by atoms with E-state index < -0.39 is 16.2 Å². The number of carbonyl (C=O) groups is 2. The molecule has 7 heteroatoms. The summed E-state index contributed by atoms with van der Waals surface area (Å²) in [6.45, 7) is 0.793. The van der Waals surface area contributed by atoms with Gasteiger partial charge in [-0.25, -0.2) is 0 Å². The summed E-state index contributed by atoms with van der Waals surface area (Å²) in [4.78, 5) is 24.5. The zero-order chi connectivity index (χ0) is 13.3. The molecule has 102 valence electrons. The average molecular weight is 296 g/mol. The Hall–Kier alpha value is -0.520. The minimum Gasteiger partial charge on any atom is -0.480 e. The number of hydrogen-bond acceptors (Lipinski definition) is 3. The summed E-state index contributed by atoms with van der Waals surface area (Å²) in [6.07, 6.45) is 1.71. The van der Waals surface area contributed by atoms with Crippen LogP contribution in [0.25, 0.3) is 0 Å². The van der Waals surface area contributed by atoms with Crippen molar-refractivity contribution in [3.8, 4) is 0 Å². The lowest BCUT2D eigenvalue weighted by atomic mass is 10.1. The second kappa shape index (κ2) is 5.23. The Morgan fingerprint density at radius 2 is 1.89 bits per heavy atom. The first-order valence-electron chi connectivity index (χ1n) is 5.89. The lowest BCUT2D eigenvalue weighted by Gasteiger charge is -2.33. The molecule has 0 aromatic carbocycles. The maximum Gasteiger partial charge on any atom is 0.323 e. The van der Waals surface area contributed by atoms with E-state index in [1.54, 1.807) is 0 Å². The van der Waals surface area contributed by atoms with Crippen molar-refractivity contribution in [2.24, 2.45) is 5.92 Å². The van der Waals surface area contributed by atoms with Crippen molar-refractivity contribution < 1.29 is 19.4 Å². The van der Waals surface area contributed by atoms with Crippen LogP contribution < -0.4 is 0 Å². The van der Waals surface area contributed by atoms with Gasteiger partial charge in [0.2, 0.25) is 5.91 Å². The normalized spacial score (nSPS) is 26.7. The number of aliphatic carboxylic acids is 1. The number of alkyl halides is 2. The Kier molecular flexibility index (Phi) is 4.04. The first-order chi connectivity index (χ1) is 8.42. The molecule has 5 nitrogen and oxygen atoms in total. The maximum atomic E-state index is 12.2. The summed E-state index contributed by atoms with van der Waals surface area (Å²) in [5.74, 6) is -1.75. The molecule has 0 radical (unpaired) electrons. The second-order valence-electron chi connectivity index (χ2n) is 4.72. The number of nitrogens with zero attached hydrogens (tertiary/aromatic N) is 1. The van der Waals surface area contributed by atoms with Crippen molar-refractivity contribution in [2.75, 3.05) is 19.8 Å². The summed E-state index contributed by atoms with van der Waals surface area (Å²) in [7, 11) is 0. The van der Waals surface area contributed by atoms with Gasteiger partial charge in [0.15, 0.2) is 0 Å². The van der Waals surface area contributed by atoms with E-state index >= 15 is 0 Å². The minimum absolute atomic E-state index is 0.0907. The van der Waals surface area contributed by atoms with Crippen LogP contribution in [0.4, 0.5) is 0 Å². The van der Waals surface area contributed by atoms with Crippen LogP contribution in [0, 0.1) is 5.92 Å². The van der Waals surface area contributed by atoms with Gasteiger partial charge in [0.05, 0.1) is 5.92 Å². The maximum absolute atomic E-state index is 12.2. The lowest BCUT2D eigenvalue weighted by molar-refractivity contribution is -0.148. The van der Waals surface area contributed by atoms with E-state index in [2.05, 4.69) is 0 Å². The number of carboxylic acids is 1. The third kappa shape index (κ3) is 3.08. The Labute approximate surface area is 115 Å². The number of hydrogen-bond donors (Lipinski definition) is 1. The van der Waals surface area contributed by atoms with Gasteiger partial charge in [-0.15, -0.1) is 23.2 Å². The monoisotopic (exact) mass is 295 g/mol. The van der Waals surface area contributed by atoms with Crippen LogP contribution in [0.2, 0.25) is 0 Å². The lowest BCUT2D eigenvalue weighted by Crippen LogP contribution is -2.47. The fourth-order valence-electron chi connectivity index (χ4n) is 2.21. The Morgan fingerprint density at radius 3 is 2.33 bits per heavy atom. The number of halogens is 2. The third-order valence-corrected chi connectivity index (χ3v) is 4.18. The van der Waals surface area contributed by atoms with E-state index in [-0.39, 0.29) is 18.5 Å². The van der Waals surface area contributed by atoms with Gasteiger partial charge in [-0.2, -0.15) is 0 Å². The van der Waals surface area contributed by atoms with Gasteiger partial charge in [0.1, 0.15) is 10.9 Å². The Bertz CT molecular complexity index is 355. The summed E-state index contributed by atoms with van der Waals surface area (Å²) in [5.41, 5.74) is 0. The highest BCUT2D eigenvalue weighted by Crippen LogP contribution is 2.54. The number of carbonyl (C=O) groups excluding carboxylic acids is 1. The molecule has 0 aromatic rings. The van der Waals surface area contributed by atoms with Crippen molar-refractivity contribution >= 4 is 35.1 Å². The van der Waals surface area contributed by atoms with Crippen molar-refractivity contribution in [1.82, 2.24) is 4.90 Å². The van der Waals surface area contributed by atoms with E-state index in [4.69, 9.17) is 33.0 Å². The minimum atomic E-state index is -1.02. The molecule has 2 fully saturated rings. The van der Waals surface area contributed by atoms with Crippen molar-refractivity contribution in [3.05, 3.63) is 0 Å². The van der Waals surface area contributed by atoms with Crippen molar-refractivity contribution in [1.29, 1.82) is 0 Å². The van der Waals surface area contributed by atoms with Gasteiger partial charge in [-0.3, -0.25) is 9.59 Å². The average Bonchev–Trinajstić information content (AvgIpc) is 2.95. The predicted octanol–water partition coefficient (Wildman–Crippen LogP) is 1.27. The number of amides is 1. The fourth-order valence-corrected chi connectivity index (χ4v) is 2.71. The zero-order valence-corrected chi connectivity index (χ0v) is 11.3. The molecular formula is C11H15Cl2NO4. The molecular weight excluding hydrogens is 281 g/mol. The van der Waals surface area contributed by atoms with E-state index in [0.717, 1.165) is 0 Å². The molecule has 1 heterocycles. The molecule has 0 aromatic heterocycles. The number of rotatable bonds is 4. The zero-order valence-electron chi connectivity index (χ0n) is 9.77. The summed E-state index contributed by atoms with van der Waals surface area (Å²) < 4.78 is 4.20. The van der Waals surface area contributed by atoms with Crippen molar-refractivity contribution in [3.63, 3.8) is 0 Å². The summed E-state index contributed by atoms with van der Waals surface area (Å²) in [5, 5.41) is 8.90. The SMILES string of the molecule is O=C(O)CN(C(=O)C1CC1(Cl)Cl)C1CCOCC1. The van der Waals surface area contributed by atoms with E-state index in [9.17, 15) is 9.59 Å². The topological polar surface area (TPSA) is 66.8 Å². The molecule has 1 aliphatic heterocycles. The molecule has 1 N–H and O–H groups in total. The summed E-state index contributed by atoms with van der Waals surface area (Å²) >= 11 is 11.7. The fraction of sp³-hybridized carbons (Fsp3) is 0.818. The van der Waals surface area contributed by atoms with Crippen molar-refractivity contribution in [2.45, 2.75) is 29.6 Å². The molecule has 1 atom stereocenters. The van der Waals surface area contributed by atoms with Gasteiger partial charge < -0.3 is 14.7 Å². The highest BCUT2D eigenvalue weighted by Gasteiger charge is 2.58. The second-order valence-corrected chi connectivity index (χ2v) is 6.26. The summed E-state index contributed by atoms with van der Waals surface area (Å²) in [6, 6.07) is -0.0907. The molecule has 18 heavy (non-hydrogen) atoms. The predicted molar refractivity (Wildman–Crippen MR) is 65.7 cm³/mol. The van der Waals surface area contributed by atoms with Crippen LogP contribution in [-0.2, 0) is 14.3 Å². The molecule has 0 spiro atoms. The van der Waals surface area contributed by atoms with Gasteiger partial charge >= 0.3 is 5.97 Å². The molecule has 2 aliphatic rings. The smallest absolute Gasteiger partial charge is 0.323 e. The first-order valence-corrected chi connectivity index (χ1v) is 6.65. The standard InChI is InChI=1S/C11H15Cl2NO4/c12-11(13)5-8(11)10(17)14(6-9(15)16)7-1-3-18-4-2-7/h7-8H,1-6H2,(H,15,16). The molecule has 1 amide bonds. The molecule has 1 saturated heterocycles. The van der Waals surface area contributed by atoms with Gasteiger partial charge in [0.25, 0.3) is 0 Å². The quantitative estimate of drug-likeness (QED) is 0.793. The van der Waals surface area contributed by atoms with E-state index in [1.165, 1.54) is 4.90 Å². The molecule has 1 unspecified atom stereocenters. The Balaban J connectivity index is 2.04. The van der Waals surface area contributed by atoms with Crippen LogP contribution in [0.3, 0.4) is 0 Å². The van der Waals surface area contributed by atoms with Crippen LogP contribution in [-0.4, -0.2) is 52.0 Å². The van der Waals surface area contributed by atoms with Gasteiger partial charge in [0, 0.05) is 19.3 Å². The largest absolute Gasteiger partial charge is 0.480 e. The Morgan fingerprint density at radius 1 is 1.33 bits per heavy atom. The first kappa shape index (κ1) is 13.9. The van der Waals surface area contributed by atoms with Crippen LogP contribution in [0.15, 0.2) is 0 Å². The number of carboxylic acid groups (broad SMARTS) is 1. The molecule has 0 bridgehead atoms. The van der Waals surface area contributed by atoms with Gasteiger partial charge in [-0.1, -0.05) is 0 Å². The third-order valence-electron chi connectivity index (χ3n) is 3.34. The highest BCUT2D eigenvalue weighted by atomic mass is 35.5. The molecule has 2 rings (SSSR count). The van der Waals surface area contributed by atoms with Gasteiger partial charge in [-0.05, 0) is 19.3 Å².